The molecule has 1 aromatic carbocycles. The van der Waals surface area contributed by atoms with Crippen molar-refractivity contribution in [3.8, 4) is 5.75 Å². The normalized spacial score (nSPS) is 26.7. The van der Waals surface area contributed by atoms with Crippen LogP contribution in [0.1, 0.15) is 49.1 Å². The Hall–Kier alpha value is -1.45. The van der Waals surface area contributed by atoms with Gasteiger partial charge in [0.25, 0.3) is 0 Å². The largest absolute Gasteiger partial charge is 0.534 e. The maximum Gasteiger partial charge on any atom is 0.534 e. The SMILES string of the molecule is O=S(=O)(Oc1ccc2c(c1)CCCC1CC(C(F)(F)F)CCC21)C(F)(F)F. The molecule has 3 rings (SSSR count). The van der Waals surface area contributed by atoms with Gasteiger partial charge in [-0.05, 0) is 73.6 Å². The van der Waals surface area contributed by atoms with Crippen LogP contribution in [0.15, 0.2) is 18.2 Å². The Balaban J connectivity index is 1.84. The number of halogens is 6. The molecule has 1 aromatic rings. The van der Waals surface area contributed by atoms with E-state index in [1.54, 1.807) is 0 Å². The van der Waals surface area contributed by atoms with Crippen LogP contribution >= 0.6 is 0 Å². The minimum absolute atomic E-state index is 0.0187. The summed E-state index contributed by atoms with van der Waals surface area (Å²) in [5.74, 6) is -2.00. The summed E-state index contributed by atoms with van der Waals surface area (Å²) >= 11 is 0. The second kappa shape index (κ2) is 6.86. The standard InChI is InChI=1S/C17H18F6O3S/c18-16(19,20)12-4-6-14-10(8-12)2-1-3-11-9-13(5-7-15(11)14)26-27(24,25)17(21,22)23/h5,7,9-10,12,14H,1-4,6,8H2. The second-order valence-electron chi connectivity index (χ2n) is 7.15. The third kappa shape index (κ3) is 4.20. The van der Waals surface area contributed by atoms with E-state index in [1.165, 1.54) is 12.1 Å². The topological polar surface area (TPSA) is 43.4 Å². The molecule has 0 N–H and O–H groups in total. The van der Waals surface area contributed by atoms with Gasteiger partial charge in [-0.15, -0.1) is 0 Å². The van der Waals surface area contributed by atoms with Gasteiger partial charge in [0.1, 0.15) is 5.75 Å². The van der Waals surface area contributed by atoms with Crippen LogP contribution in [0, 0.1) is 11.8 Å². The number of hydrogen-bond acceptors (Lipinski definition) is 3. The molecule has 3 atom stereocenters. The van der Waals surface area contributed by atoms with Gasteiger partial charge >= 0.3 is 21.8 Å². The van der Waals surface area contributed by atoms with Crippen molar-refractivity contribution in [2.45, 2.75) is 56.1 Å². The molecule has 0 radical (unpaired) electrons. The highest BCUT2D eigenvalue weighted by Crippen LogP contribution is 2.50. The number of fused-ring (bicyclic) bond motifs is 3. The fourth-order valence-corrected chi connectivity index (χ4v) is 4.68. The average Bonchev–Trinajstić information content (AvgIpc) is 2.70. The zero-order valence-electron chi connectivity index (χ0n) is 14.1. The summed E-state index contributed by atoms with van der Waals surface area (Å²) in [4.78, 5) is 0. The lowest BCUT2D eigenvalue weighted by Gasteiger charge is -2.36. The van der Waals surface area contributed by atoms with E-state index in [0.717, 1.165) is 11.6 Å². The van der Waals surface area contributed by atoms with E-state index in [0.29, 0.717) is 31.2 Å². The van der Waals surface area contributed by atoms with Gasteiger partial charge in [-0.25, -0.2) is 0 Å². The highest BCUT2D eigenvalue weighted by atomic mass is 32.2. The molecular weight excluding hydrogens is 398 g/mol. The fraction of sp³-hybridized carbons (Fsp3) is 0.647. The molecule has 3 nitrogen and oxygen atoms in total. The smallest absolute Gasteiger partial charge is 0.376 e. The highest BCUT2D eigenvalue weighted by Gasteiger charge is 2.49. The summed E-state index contributed by atoms with van der Waals surface area (Å²) in [6, 6.07) is 3.89. The Labute approximate surface area is 152 Å². The lowest BCUT2D eigenvalue weighted by molar-refractivity contribution is -0.187. The number of benzene rings is 1. The third-order valence-electron chi connectivity index (χ3n) is 5.47. The van der Waals surface area contributed by atoms with Gasteiger partial charge in [0, 0.05) is 0 Å². The number of hydrogen-bond donors (Lipinski definition) is 0. The molecule has 2 aliphatic rings. The molecule has 27 heavy (non-hydrogen) atoms. The van der Waals surface area contributed by atoms with Gasteiger partial charge < -0.3 is 4.18 Å². The van der Waals surface area contributed by atoms with E-state index < -0.39 is 33.5 Å². The summed E-state index contributed by atoms with van der Waals surface area (Å²) in [5, 5.41) is 0. The second-order valence-corrected chi connectivity index (χ2v) is 8.69. The van der Waals surface area contributed by atoms with E-state index in [-0.39, 0.29) is 24.7 Å². The van der Waals surface area contributed by atoms with Crippen molar-refractivity contribution in [1.82, 2.24) is 0 Å². The molecule has 0 saturated heterocycles. The molecule has 152 valence electrons. The fourth-order valence-electron chi connectivity index (χ4n) is 4.23. The molecule has 0 amide bonds. The number of aryl methyl sites for hydroxylation is 1. The molecule has 2 aliphatic carbocycles. The van der Waals surface area contributed by atoms with Crippen molar-refractivity contribution in [3.05, 3.63) is 29.3 Å². The van der Waals surface area contributed by atoms with Crippen LogP contribution in [0.2, 0.25) is 0 Å². The van der Waals surface area contributed by atoms with E-state index in [2.05, 4.69) is 4.18 Å². The summed E-state index contributed by atoms with van der Waals surface area (Å²) in [5.41, 5.74) is -4.10. The first-order chi connectivity index (χ1) is 12.4. The van der Waals surface area contributed by atoms with Crippen molar-refractivity contribution < 1.29 is 38.9 Å². The van der Waals surface area contributed by atoms with Gasteiger partial charge in [-0.2, -0.15) is 34.8 Å². The predicted molar refractivity (Wildman–Crippen MR) is 84.6 cm³/mol. The molecule has 3 unspecified atom stereocenters. The van der Waals surface area contributed by atoms with Gasteiger partial charge in [-0.1, -0.05) is 6.07 Å². The summed E-state index contributed by atoms with van der Waals surface area (Å²) in [7, 11) is -5.76. The molecular formula is C17H18F6O3S. The van der Waals surface area contributed by atoms with Crippen molar-refractivity contribution in [1.29, 1.82) is 0 Å². The maximum absolute atomic E-state index is 13.0. The van der Waals surface area contributed by atoms with E-state index in [9.17, 15) is 34.8 Å². The van der Waals surface area contributed by atoms with Crippen LogP contribution in [-0.2, 0) is 16.5 Å². The lowest BCUT2D eigenvalue weighted by atomic mass is 9.70. The highest BCUT2D eigenvalue weighted by molar-refractivity contribution is 7.88. The average molecular weight is 416 g/mol. The lowest BCUT2D eigenvalue weighted by Crippen LogP contribution is -2.32. The quantitative estimate of drug-likeness (QED) is 0.373. The van der Waals surface area contributed by atoms with Crippen molar-refractivity contribution in [2.75, 3.05) is 0 Å². The van der Waals surface area contributed by atoms with Gasteiger partial charge in [0.2, 0.25) is 0 Å². The Bertz CT molecular complexity index is 800. The van der Waals surface area contributed by atoms with Crippen LogP contribution in [0.25, 0.3) is 0 Å². The van der Waals surface area contributed by atoms with Crippen molar-refractivity contribution in [3.63, 3.8) is 0 Å². The Morgan fingerprint density at radius 1 is 1.00 bits per heavy atom. The Kier molecular flexibility index (Phi) is 5.15. The molecule has 0 bridgehead atoms. The molecule has 1 fully saturated rings. The molecule has 1 saturated carbocycles. The monoisotopic (exact) mass is 416 g/mol. The number of alkyl halides is 6. The van der Waals surface area contributed by atoms with Crippen LogP contribution in [0.4, 0.5) is 26.3 Å². The van der Waals surface area contributed by atoms with Crippen LogP contribution < -0.4 is 4.18 Å². The zero-order valence-corrected chi connectivity index (χ0v) is 14.9. The first-order valence-corrected chi connectivity index (χ1v) is 9.99. The predicted octanol–water partition coefficient (Wildman–Crippen LogP) is 5.31. The van der Waals surface area contributed by atoms with E-state index in [4.69, 9.17) is 0 Å². The Morgan fingerprint density at radius 2 is 1.70 bits per heavy atom. The van der Waals surface area contributed by atoms with Crippen LogP contribution in [0.3, 0.4) is 0 Å². The van der Waals surface area contributed by atoms with Crippen LogP contribution in [0.5, 0.6) is 5.75 Å². The van der Waals surface area contributed by atoms with Crippen LogP contribution in [-0.4, -0.2) is 20.1 Å². The van der Waals surface area contributed by atoms with E-state index >= 15 is 0 Å². The minimum atomic E-state index is -5.76. The van der Waals surface area contributed by atoms with E-state index in [1.807, 2.05) is 0 Å². The molecule has 0 aliphatic heterocycles. The first-order valence-electron chi connectivity index (χ1n) is 8.59. The minimum Gasteiger partial charge on any atom is -0.376 e. The maximum atomic E-state index is 13.0. The number of rotatable bonds is 2. The van der Waals surface area contributed by atoms with Crippen molar-refractivity contribution >= 4 is 10.1 Å². The molecule has 10 heteroatoms. The van der Waals surface area contributed by atoms with Gasteiger partial charge in [-0.3, -0.25) is 0 Å². The summed E-state index contributed by atoms with van der Waals surface area (Å²) < 4.78 is 103. The molecule has 0 spiro atoms. The third-order valence-corrected chi connectivity index (χ3v) is 6.45. The van der Waals surface area contributed by atoms with Gasteiger partial charge in [0.05, 0.1) is 5.92 Å². The van der Waals surface area contributed by atoms with Gasteiger partial charge in [0.15, 0.2) is 0 Å². The summed E-state index contributed by atoms with van der Waals surface area (Å²) in [6.07, 6.45) is -2.15. The van der Waals surface area contributed by atoms with Crippen molar-refractivity contribution in [2.24, 2.45) is 11.8 Å². The Morgan fingerprint density at radius 3 is 2.33 bits per heavy atom. The summed E-state index contributed by atoms with van der Waals surface area (Å²) in [6.45, 7) is 0. The zero-order chi connectivity index (χ0) is 20.0. The molecule has 0 aromatic heterocycles. The molecule has 0 heterocycles. The first kappa shape index (κ1) is 20.3.